The molecule has 1 heterocycles. The van der Waals surface area contributed by atoms with Crippen molar-refractivity contribution in [3.05, 3.63) is 0 Å². The van der Waals surface area contributed by atoms with E-state index in [9.17, 15) is 0 Å². The summed E-state index contributed by atoms with van der Waals surface area (Å²) < 4.78 is 0. The molecule has 2 saturated carbocycles. The van der Waals surface area contributed by atoms with Gasteiger partial charge in [-0.15, -0.1) is 0 Å². The van der Waals surface area contributed by atoms with Crippen LogP contribution in [0.2, 0.25) is 0 Å². The molecule has 2 nitrogen and oxygen atoms in total. The third kappa shape index (κ3) is 3.14. The van der Waals surface area contributed by atoms with E-state index in [4.69, 9.17) is 0 Å². The Labute approximate surface area is 123 Å². The summed E-state index contributed by atoms with van der Waals surface area (Å²) in [4.78, 5) is 2.92. The van der Waals surface area contributed by atoms with Crippen LogP contribution in [0.25, 0.3) is 0 Å². The molecule has 0 bridgehead atoms. The smallest absolute Gasteiger partial charge is 0.0224 e. The van der Waals surface area contributed by atoms with Gasteiger partial charge in [-0.05, 0) is 44.3 Å². The molecule has 2 aliphatic carbocycles. The van der Waals surface area contributed by atoms with Crippen molar-refractivity contribution in [2.75, 3.05) is 19.3 Å². The maximum atomic E-state index is 3.84. The first-order valence-corrected chi connectivity index (χ1v) is 9.64. The molecular weight excluding hydrogens is 252 g/mol. The molecule has 3 rings (SSSR count). The van der Waals surface area contributed by atoms with Gasteiger partial charge >= 0.3 is 0 Å². The Morgan fingerprint density at radius 3 is 2.63 bits per heavy atom. The second-order valence-electron chi connectivity index (χ2n) is 6.74. The molecule has 0 amide bonds. The van der Waals surface area contributed by atoms with Crippen molar-refractivity contribution in [3.8, 4) is 0 Å². The van der Waals surface area contributed by atoms with E-state index in [1.165, 1.54) is 58.0 Å². The van der Waals surface area contributed by atoms with Crippen LogP contribution in [-0.4, -0.2) is 47.6 Å². The van der Waals surface area contributed by atoms with E-state index in [0.717, 1.165) is 29.3 Å². The minimum atomic E-state index is 0.785. The largest absolute Gasteiger partial charge is 0.311 e. The van der Waals surface area contributed by atoms with E-state index < -0.39 is 0 Å². The molecule has 4 atom stereocenters. The first kappa shape index (κ1) is 14.2. The van der Waals surface area contributed by atoms with Gasteiger partial charge in [0.1, 0.15) is 0 Å². The predicted octanol–water partition coefficient (Wildman–Crippen LogP) is 3.12. The molecule has 0 spiro atoms. The molecular formula is C16H30N2S. The average molecular weight is 282 g/mol. The molecule has 3 heteroatoms. The van der Waals surface area contributed by atoms with Crippen LogP contribution in [0.1, 0.15) is 51.9 Å². The highest BCUT2D eigenvalue weighted by Crippen LogP contribution is 2.37. The van der Waals surface area contributed by atoms with Gasteiger partial charge in [0, 0.05) is 36.5 Å². The van der Waals surface area contributed by atoms with Gasteiger partial charge in [-0.3, -0.25) is 4.90 Å². The van der Waals surface area contributed by atoms with E-state index in [1.54, 1.807) is 0 Å². The number of rotatable bonds is 4. The van der Waals surface area contributed by atoms with Crippen molar-refractivity contribution >= 4 is 11.8 Å². The second-order valence-corrected chi connectivity index (χ2v) is 7.81. The lowest BCUT2D eigenvalue weighted by Crippen LogP contribution is -2.62. The summed E-state index contributed by atoms with van der Waals surface area (Å²) in [6.45, 7) is 4.92. The normalized spacial score (nSPS) is 41.4. The Morgan fingerprint density at radius 1 is 1.16 bits per heavy atom. The lowest BCUT2D eigenvalue weighted by atomic mass is 9.90. The number of hydrogen-bond acceptors (Lipinski definition) is 3. The standard InChI is InChI=1S/C16H30N2S/c1-3-13-10-17-14(12-8-9-12)11-18(13)15-6-4-5-7-16(15)19-2/h12-17H,3-11H2,1-2H3. The zero-order chi connectivity index (χ0) is 13.2. The first-order valence-electron chi connectivity index (χ1n) is 8.35. The molecule has 1 N–H and O–H groups in total. The van der Waals surface area contributed by atoms with Crippen molar-refractivity contribution in [1.29, 1.82) is 0 Å². The third-order valence-corrected chi connectivity index (χ3v) is 6.71. The van der Waals surface area contributed by atoms with Gasteiger partial charge in [0.2, 0.25) is 0 Å². The lowest BCUT2D eigenvalue weighted by Gasteiger charge is -2.48. The Balaban J connectivity index is 1.69. The minimum Gasteiger partial charge on any atom is -0.311 e. The van der Waals surface area contributed by atoms with Gasteiger partial charge in [-0.1, -0.05) is 19.8 Å². The van der Waals surface area contributed by atoms with Gasteiger partial charge in [0.15, 0.2) is 0 Å². The second kappa shape index (κ2) is 6.36. The fourth-order valence-corrected chi connectivity index (χ4v) is 5.19. The van der Waals surface area contributed by atoms with Crippen LogP contribution >= 0.6 is 11.8 Å². The highest BCUT2D eigenvalue weighted by molar-refractivity contribution is 7.99. The van der Waals surface area contributed by atoms with Crippen LogP contribution < -0.4 is 5.32 Å². The number of piperazine rings is 1. The number of hydrogen-bond donors (Lipinski definition) is 1. The van der Waals surface area contributed by atoms with Gasteiger partial charge in [0.25, 0.3) is 0 Å². The Morgan fingerprint density at radius 2 is 1.95 bits per heavy atom. The molecule has 19 heavy (non-hydrogen) atoms. The summed E-state index contributed by atoms with van der Waals surface area (Å²) in [5, 5.41) is 4.73. The van der Waals surface area contributed by atoms with Crippen molar-refractivity contribution in [2.24, 2.45) is 5.92 Å². The molecule has 1 aliphatic heterocycles. The fraction of sp³-hybridized carbons (Fsp3) is 1.00. The summed E-state index contributed by atoms with van der Waals surface area (Å²) in [5.41, 5.74) is 0. The van der Waals surface area contributed by atoms with Gasteiger partial charge < -0.3 is 5.32 Å². The summed E-state index contributed by atoms with van der Waals surface area (Å²) in [6, 6.07) is 2.44. The van der Waals surface area contributed by atoms with Crippen molar-refractivity contribution in [1.82, 2.24) is 10.2 Å². The van der Waals surface area contributed by atoms with E-state index in [2.05, 4.69) is 35.2 Å². The predicted molar refractivity (Wildman–Crippen MR) is 84.9 cm³/mol. The Bertz CT molecular complexity index is 292. The molecule has 1 saturated heterocycles. The van der Waals surface area contributed by atoms with Gasteiger partial charge in [0.05, 0.1) is 0 Å². The molecule has 110 valence electrons. The van der Waals surface area contributed by atoms with Crippen LogP contribution in [0.15, 0.2) is 0 Å². The van der Waals surface area contributed by atoms with Crippen molar-refractivity contribution < 1.29 is 0 Å². The van der Waals surface area contributed by atoms with Crippen LogP contribution in [0.3, 0.4) is 0 Å². The van der Waals surface area contributed by atoms with Crippen molar-refractivity contribution in [2.45, 2.75) is 75.2 Å². The SMILES string of the molecule is CCC1CNC(C2CC2)CN1C1CCCCC1SC. The molecule has 0 aromatic rings. The molecule has 3 fully saturated rings. The molecule has 4 unspecified atom stereocenters. The molecule has 3 aliphatic rings. The summed E-state index contributed by atoms with van der Waals surface area (Å²) in [6.07, 6.45) is 12.4. The third-order valence-electron chi connectivity index (χ3n) is 5.55. The van der Waals surface area contributed by atoms with Crippen LogP contribution in [0.5, 0.6) is 0 Å². The van der Waals surface area contributed by atoms with Crippen LogP contribution in [0.4, 0.5) is 0 Å². The van der Waals surface area contributed by atoms with Gasteiger partial charge in [-0.2, -0.15) is 11.8 Å². The molecule has 0 radical (unpaired) electrons. The summed E-state index contributed by atoms with van der Waals surface area (Å²) in [7, 11) is 0. The molecule has 0 aromatic heterocycles. The van der Waals surface area contributed by atoms with Gasteiger partial charge in [-0.25, -0.2) is 0 Å². The Kier molecular flexibility index (Phi) is 4.76. The first-order chi connectivity index (χ1) is 9.33. The van der Waals surface area contributed by atoms with E-state index in [1.807, 2.05) is 0 Å². The van der Waals surface area contributed by atoms with Crippen LogP contribution in [-0.2, 0) is 0 Å². The quantitative estimate of drug-likeness (QED) is 0.853. The maximum Gasteiger partial charge on any atom is 0.0224 e. The Hall–Kier alpha value is 0.270. The number of nitrogens with zero attached hydrogens (tertiary/aromatic N) is 1. The minimum absolute atomic E-state index is 0.785. The number of thioether (sulfide) groups is 1. The fourth-order valence-electron chi connectivity index (χ4n) is 4.18. The van der Waals surface area contributed by atoms with Crippen LogP contribution in [0, 0.1) is 5.92 Å². The van der Waals surface area contributed by atoms with Crippen molar-refractivity contribution in [3.63, 3.8) is 0 Å². The number of nitrogens with one attached hydrogen (secondary N) is 1. The van der Waals surface area contributed by atoms with E-state index in [-0.39, 0.29) is 0 Å². The zero-order valence-corrected chi connectivity index (χ0v) is 13.4. The highest BCUT2D eigenvalue weighted by atomic mass is 32.2. The van der Waals surface area contributed by atoms with E-state index >= 15 is 0 Å². The maximum absolute atomic E-state index is 3.84. The summed E-state index contributed by atoms with van der Waals surface area (Å²) >= 11 is 2.12. The monoisotopic (exact) mass is 282 g/mol. The summed E-state index contributed by atoms with van der Waals surface area (Å²) in [5.74, 6) is 0.997. The van der Waals surface area contributed by atoms with E-state index in [0.29, 0.717) is 0 Å². The topological polar surface area (TPSA) is 15.3 Å². The molecule has 0 aromatic carbocycles. The zero-order valence-electron chi connectivity index (χ0n) is 12.6. The average Bonchev–Trinajstić information content (AvgIpc) is 3.31. The lowest BCUT2D eigenvalue weighted by molar-refractivity contribution is 0.0582. The highest BCUT2D eigenvalue weighted by Gasteiger charge is 2.41.